The zero-order chi connectivity index (χ0) is 26.4. The molecule has 4 atom stereocenters. The van der Waals surface area contributed by atoms with Crippen molar-refractivity contribution in [3.05, 3.63) is 84.0 Å². The van der Waals surface area contributed by atoms with Crippen molar-refractivity contribution in [2.75, 3.05) is 26.8 Å². The van der Waals surface area contributed by atoms with E-state index in [2.05, 4.69) is 11.9 Å². The Morgan fingerprint density at radius 2 is 1.95 bits per heavy atom. The van der Waals surface area contributed by atoms with E-state index >= 15 is 0 Å². The normalized spacial score (nSPS) is 21.6. The van der Waals surface area contributed by atoms with E-state index in [1.54, 1.807) is 24.2 Å². The first-order valence-electron chi connectivity index (χ1n) is 12.6. The molecule has 4 rings (SSSR count). The monoisotopic (exact) mass is 506 g/mol. The Hall–Kier alpha value is -3.62. The summed E-state index contributed by atoms with van der Waals surface area (Å²) in [7, 11) is 1.60. The van der Waals surface area contributed by atoms with Gasteiger partial charge in [-0.05, 0) is 36.6 Å². The molecule has 1 aliphatic carbocycles. The lowest BCUT2D eigenvalue weighted by molar-refractivity contribution is -0.137. The summed E-state index contributed by atoms with van der Waals surface area (Å²) >= 11 is 0. The fourth-order valence-corrected chi connectivity index (χ4v) is 5.15. The third-order valence-electron chi connectivity index (χ3n) is 6.93. The first kappa shape index (κ1) is 26.4. The molecule has 37 heavy (non-hydrogen) atoms. The van der Waals surface area contributed by atoms with Gasteiger partial charge in [0.15, 0.2) is 0 Å². The summed E-state index contributed by atoms with van der Waals surface area (Å²) in [5, 5.41) is 23.5. The maximum absolute atomic E-state index is 13.4. The second-order valence-electron chi connectivity index (χ2n) is 9.16. The molecule has 2 aliphatic rings. The third-order valence-corrected chi connectivity index (χ3v) is 6.93. The lowest BCUT2D eigenvalue weighted by Crippen LogP contribution is -2.56. The molecular formula is C29H34N2O6. The Morgan fingerprint density at radius 3 is 2.70 bits per heavy atom. The number of fused-ring (bicyclic) bond motifs is 3. The van der Waals surface area contributed by atoms with Gasteiger partial charge >= 0.3 is 0 Å². The molecule has 2 amide bonds. The minimum Gasteiger partial charge on any atom is -0.496 e. The molecule has 8 heteroatoms. The zero-order valence-corrected chi connectivity index (χ0v) is 21.0. The molecule has 196 valence electrons. The van der Waals surface area contributed by atoms with Gasteiger partial charge in [0.1, 0.15) is 23.7 Å². The molecule has 1 heterocycles. The van der Waals surface area contributed by atoms with Gasteiger partial charge in [-0.2, -0.15) is 0 Å². The topological polar surface area (TPSA) is 108 Å². The Labute approximate surface area is 217 Å². The molecule has 0 saturated carbocycles. The van der Waals surface area contributed by atoms with Crippen LogP contribution in [0.2, 0.25) is 0 Å². The minimum atomic E-state index is -1.06. The van der Waals surface area contributed by atoms with Crippen LogP contribution in [0.1, 0.15) is 29.9 Å². The zero-order valence-electron chi connectivity index (χ0n) is 21.0. The molecular weight excluding hydrogens is 472 g/mol. The van der Waals surface area contributed by atoms with Gasteiger partial charge in [-0.1, -0.05) is 42.5 Å². The van der Waals surface area contributed by atoms with Crippen LogP contribution in [-0.4, -0.2) is 72.0 Å². The van der Waals surface area contributed by atoms with Crippen molar-refractivity contribution in [2.45, 2.75) is 43.4 Å². The molecule has 0 saturated heterocycles. The van der Waals surface area contributed by atoms with Gasteiger partial charge in [0.2, 0.25) is 11.8 Å². The van der Waals surface area contributed by atoms with Crippen molar-refractivity contribution in [3.8, 4) is 11.5 Å². The van der Waals surface area contributed by atoms with E-state index in [1.165, 1.54) is 0 Å². The van der Waals surface area contributed by atoms with Crippen LogP contribution < -0.4 is 14.8 Å². The number of methoxy groups -OCH3 is 1. The fourth-order valence-electron chi connectivity index (χ4n) is 5.15. The maximum Gasteiger partial charge on any atom is 0.247 e. The van der Waals surface area contributed by atoms with Crippen molar-refractivity contribution in [2.24, 2.45) is 0 Å². The lowest BCUT2D eigenvalue weighted by Gasteiger charge is -2.41. The van der Waals surface area contributed by atoms with Crippen molar-refractivity contribution >= 4 is 11.8 Å². The van der Waals surface area contributed by atoms with Crippen molar-refractivity contribution in [1.82, 2.24) is 10.2 Å². The lowest BCUT2D eigenvalue weighted by atomic mass is 9.77. The van der Waals surface area contributed by atoms with Gasteiger partial charge in [-0.25, -0.2) is 0 Å². The Kier molecular flexibility index (Phi) is 8.63. The SMILES string of the molecule is C=CCCC(=O)N(CCc1ccccc1OC)[C@@H]1C=C(C(=O)NCCO)[C@@H]2c3ccccc3O[C@@H]2[C@H]1O. The standard InChI is InChI=1S/C29H34N2O6/c1-3-4-13-25(33)31(16-14-19-9-5-7-11-23(19)36-2)22-18-21(29(35)30-15-17-32)26-20-10-6-8-12-24(20)37-28(26)27(22)34/h3,5-12,18,22,26-28,32,34H,1,4,13-17H2,2H3,(H,30,35)/t22-,26+,27+,28+/m1/s1. The molecule has 0 bridgehead atoms. The first-order chi connectivity index (χ1) is 18.0. The van der Waals surface area contributed by atoms with Crippen LogP contribution >= 0.6 is 0 Å². The second kappa shape index (κ2) is 12.1. The molecule has 0 aromatic heterocycles. The molecule has 2 aromatic carbocycles. The number of ether oxygens (including phenoxy) is 2. The minimum absolute atomic E-state index is 0.0963. The Bertz CT molecular complexity index is 1160. The van der Waals surface area contributed by atoms with Crippen molar-refractivity contribution in [1.29, 1.82) is 0 Å². The molecule has 8 nitrogen and oxygen atoms in total. The summed E-state index contributed by atoms with van der Waals surface area (Å²) in [5.74, 6) is 0.334. The summed E-state index contributed by atoms with van der Waals surface area (Å²) in [6, 6.07) is 14.2. The summed E-state index contributed by atoms with van der Waals surface area (Å²) in [5.41, 5.74) is 2.16. The summed E-state index contributed by atoms with van der Waals surface area (Å²) in [6.45, 7) is 3.93. The Morgan fingerprint density at radius 1 is 1.19 bits per heavy atom. The quantitative estimate of drug-likeness (QED) is 0.404. The van der Waals surface area contributed by atoms with Crippen LogP contribution in [0.25, 0.3) is 0 Å². The van der Waals surface area contributed by atoms with Crippen LogP contribution in [0.15, 0.2) is 72.8 Å². The summed E-state index contributed by atoms with van der Waals surface area (Å²) in [4.78, 5) is 28.3. The number of hydrogen-bond acceptors (Lipinski definition) is 6. The number of aliphatic hydroxyl groups excluding tert-OH is 2. The van der Waals surface area contributed by atoms with E-state index in [9.17, 15) is 19.8 Å². The van der Waals surface area contributed by atoms with Crippen LogP contribution in [0.4, 0.5) is 0 Å². The molecule has 0 fully saturated rings. The van der Waals surface area contributed by atoms with Gasteiger partial charge in [-0.15, -0.1) is 6.58 Å². The molecule has 0 radical (unpaired) electrons. The van der Waals surface area contributed by atoms with Crippen LogP contribution in [0, 0.1) is 0 Å². The predicted molar refractivity (Wildman–Crippen MR) is 139 cm³/mol. The first-order valence-corrected chi connectivity index (χ1v) is 12.6. The highest BCUT2D eigenvalue weighted by Crippen LogP contribution is 2.47. The van der Waals surface area contributed by atoms with Crippen LogP contribution in [0.5, 0.6) is 11.5 Å². The maximum atomic E-state index is 13.4. The van der Waals surface area contributed by atoms with Gasteiger partial charge in [0.05, 0.1) is 25.7 Å². The second-order valence-corrected chi connectivity index (χ2v) is 9.16. The number of hydrogen-bond donors (Lipinski definition) is 3. The van der Waals surface area contributed by atoms with Crippen LogP contribution in [-0.2, 0) is 16.0 Å². The third kappa shape index (κ3) is 5.55. The number of nitrogens with zero attached hydrogens (tertiary/aromatic N) is 1. The van der Waals surface area contributed by atoms with Gasteiger partial charge < -0.3 is 29.9 Å². The summed E-state index contributed by atoms with van der Waals surface area (Å²) < 4.78 is 11.6. The molecule has 3 N–H and O–H groups in total. The number of para-hydroxylation sites is 2. The molecule has 1 aliphatic heterocycles. The van der Waals surface area contributed by atoms with Gasteiger partial charge in [0.25, 0.3) is 0 Å². The number of rotatable bonds is 11. The highest BCUT2D eigenvalue weighted by Gasteiger charge is 2.50. The number of allylic oxidation sites excluding steroid dienone is 1. The Balaban J connectivity index is 1.70. The van der Waals surface area contributed by atoms with E-state index in [0.29, 0.717) is 30.7 Å². The molecule has 2 aromatic rings. The average molecular weight is 507 g/mol. The number of carbonyl (C=O) groups is 2. The van der Waals surface area contributed by atoms with E-state index < -0.39 is 24.2 Å². The van der Waals surface area contributed by atoms with Crippen molar-refractivity contribution < 1.29 is 29.3 Å². The van der Waals surface area contributed by atoms with Crippen LogP contribution in [0.3, 0.4) is 0 Å². The average Bonchev–Trinajstić information content (AvgIpc) is 3.32. The molecule has 0 spiro atoms. The molecule has 0 unspecified atom stereocenters. The predicted octanol–water partition coefficient (Wildman–Crippen LogP) is 2.36. The number of nitrogens with one attached hydrogen (secondary N) is 1. The fraction of sp³-hybridized carbons (Fsp3) is 0.379. The van der Waals surface area contributed by atoms with E-state index in [-0.39, 0.29) is 31.4 Å². The number of carbonyl (C=O) groups excluding carboxylic acids is 2. The summed E-state index contributed by atoms with van der Waals surface area (Å²) in [6.07, 6.45) is 2.81. The van der Waals surface area contributed by atoms with E-state index in [1.807, 2.05) is 48.5 Å². The number of amides is 2. The highest BCUT2D eigenvalue weighted by molar-refractivity contribution is 5.96. The van der Waals surface area contributed by atoms with Crippen molar-refractivity contribution in [3.63, 3.8) is 0 Å². The largest absolute Gasteiger partial charge is 0.496 e. The smallest absolute Gasteiger partial charge is 0.247 e. The number of benzene rings is 2. The van der Waals surface area contributed by atoms with E-state index in [4.69, 9.17) is 9.47 Å². The van der Waals surface area contributed by atoms with E-state index in [0.717, 1.165) is 16.9 Å². The highest BCUT2D eigenvalue weighted by atomic mass is 16.5. The number of aliphatic hydroxyl groups is 2. The van der Waals surface area contributed by atoms with Gasteiger partial charge in [0, 0.05) is 30.6 Å². The van der Waals surface area contributed by atoms with Gasteiger partial charge in [-0.3, -0.25) is 9.59 Å².